The normalized spacial score (nSPS) is 10.5. The van der Waals surface area contributed by atoms with Gasteiger partial charge in [-0.1, -0.05) is 0 Å². The topological polar surface area (TPSA) is 53.9 Å². The second kappa shape index (κ2) is 6.11. The van der Waals surface area contributed by atoms with Crippen molar-refractivity contribution in [1.29, 1.82) is 0 Å². The molecular formula is C16H17N5S. The van der Waals surface area contributed by atoms with Crippen molar-refractivity contribution in [2.45, 2.75) is 6.92 Å². The highest BCUT2D eigenvalue weighted by Gasteiger charge is 2.06. The Hall–Kier alpha value is -2.47. The molecule has 6 heteroatoms. The predicted octanol–water partition coefficient (Wildman–Crippen LogP) is 3.72. The van der Waals surface area contributed by atoms with E-state index in [0.29, 0.717) is 5.95 Å². The quantitative estimate of drug-likeness (QED) is 0.796. The van der Waals surface area contributed by atoms with Gasteiger partial charge in [-0.3, -0.25) is 0 Å². The van der Waals surface area contributed by atoms with E-state index in [2.05, 4.69) is 37.3 Å². The molecule has 0 atom stereocenters. The van der Waals surface area contributed by atoms with Crippen LogP contribution < -0.4 is 10.2 Å². The maximum Gasteiger partial charge on any atom is 0.227 e. The fourth-order valence-electron chi connectivity index (χ4n) is 1.98. The standard InChI is InChI=1S/C16H17N5S/c1-11-10-18-15(22-11)14-8-9-17-16(20-14)19-12-4-6-13(7-5-12)21(2)3/h4-10H,1-3H3,(H,17,19,20). The molecule has 3 rings (SSSR count). The number of aromatic nitrogens is 3. The van der Waals surface area contributed by atoms with Crippen LogP contribution in [0.1, 0.15) is 4.88 Å². The minimum absolute atomic E-state index is 0.572. The van der Waals surface area contributed by atoms with E-state index in [1.807, 2.05) is 45.4 Å². The molecule has 2 aromatic heterocycles. The molecule has 0 bridgehead atoms. The Labute approximate surface area is 133 Å². The number of anilines is 3. The molecule has 112 valence electrons. The fourth-order valence-corrected chi connectivity index (χ4v) is 2.72. The molecule has 3 aromatic rings. The summed E-state index contributed by atoms with van der Waals surface area (Å²) in [5.41, 5.74) is 2.94. The van der Waals surface area contributed by atoms with E-state index in [1.165, 1.54) is 4.88 Å². The number of nitrogens with one attached hydrogen (secondary N) is 1. The number of nitrogens with zero attached hydrogens (tertiary/aromatic N) is 4. The third-order valence-corrected chi connectivity index (χ3v) is 4.07. The zero-order chi connectivity index (χ0) is 15.5. The van der Waals surface area contributed by atoms with Crippen LogP contribution >= 0.6 is 11.3 Å². The van der Waals surface area contributed by atoms with Crippen LogP contribution in [0, 0.1) is 6.92 Å². The van der Waals surface area contributed by atoms with Crippen LogP contribution in [0.25, 0.3) is 10.7 Å². The van der Waals surface area contributed by atoms with Gasteiger partial charge in [-0.2, -0.15) is 0 Å². The summed E-state index contributed by atoms with van der Waals surface area (Å²) in [5.74, 6) is 0.572. The van der Waals surface area contributed by atoms with E-state index in [4.69, 9.17) is 0 Å². The largest absolute Gasteiger partial charge is 0.378 e. The van der Waals surface area contributed by atoms with Gasteiger partial charge in [0.05, 0.1) is 0 Å². The summed E-state index contributed by atoms with van der Waals surface area (Å²) in [5, 5.41) is 4.13. The zero-order valence-electron chi connectivity index (χ0n) is 12.7. The van der Waals surface area contributed by atoms with Crippen LogP contribution in [0.3, 0.4) is 0 Å². The Morgan fingerprint density at radius 2 is 1.82 bits per heavy atom. The molecule has 0 unspecified atom stereocenters. The summed E-state index contributed by atoms with van der Waals surface area (Å²) in [6.07, 6.45) is 3.60. The highest BCUT2D eigenvalue weighted by Crippen LogP contribution is 2.24. The van der Waals surface area contributed by atoms with Gasteiger partial charge in [-0.05, 0) is 37.3 Å². The summed E-state index contributed by atoms with van der Waals surface area (Å²) >= 11 is 1.63. The lowest BCUT2D eigenvalue weighted by molar-refractivity contribution is 1.13. The van der Waals surface area contributed by atoms with Gasteiger partial charge in [-0.15, -0.1) is 11.3 Å². The third kappa shape index (κ3) is 3.23. The number of hydrogen-bond acceptors (Lipinski definition) is 6. The molecule has 0 spiro atoms. The molecule has 0 aliphatic carbocycles. The molecule has 22 heavy (non-hydrogen) atoms. The highest BCUT2D eigenvalue weighted by molar-refractivity contribution is 7.14. The van der Waals surface area contributed by atoms with Crippen LogP contribution in [0.4, 0.5) is 17.3 Å². The van der Waals surface area contributed by atoms with Crippen molar-refractivity contribution in [2.24, 2.45) is 0 Å². The van der Waals surface area contributed by atoms with E-state index in [0.717, 1.165) is 22.1 Å². The van der Waals surface area contributed by atoms with Gasteiger partial charge in [0.2, 0.25) is 5.95 Å². The van der Waals surface area contributed by atoms with Crippen LogP contribution in [0.15, 0.2) is 42.7 Å². The van der Waals surface area contributed by atoms with Gasteiger partial charge in [0.15, 0.2) is 0 Å². The monoisotopic (exact) mass is 311 g/mol. The number of hydrogen-bond donors (Lipinski definition) is 1. The second-order valence-electron chi connectivity index (χ2n) is 5.11. The molecule has 5 nitrogen and oxygen atoms in total. The Kier molecular flexibility index (Phi) is 4.02. The first-order valence-corrected chi connectivity index (χ1v) is 7.74. The Morgan fingerprint density at radius 3 is 2.45 bits per heavy atom. The van der Waals surface area contributed by atoms with Crippen molar-refractivity contribution >= 4 is 28.7 Å². The van der Waals surface area contributed by atoms with Crippen molar-refractivity contribution in [3.63, 3.8) is 0 Å². The maximum absolute atomic E-state index is 4.52. The first-order valence-electron chi connectivity index (χ1n) is 6.92. The summed E-state index contributed by atoms with van der Waals surface area (Å²) in [7, 11) is 4.04. The molecule has 0 aliphatic rings. The predicted molar refractivity (Wildman–Crippen MR) is 91.9 cm³/mol. The minimum atomic E-state index is 0.572. The second-order valence-corrected chi connectivity index (χ2v) is 6.34. The van der Waals surface area contributed by atoms with Crippen molar-refractivity contribution in [2.75, 3.05) is 24.3 Å². The van der Waals surface area contributed by atoms with E-state index < -0.39 is 0 Å². The van der Waals surface area contributed by atoms with Gasteiger partial charge >= 0.3 is 0 Å². The van der Waals surface area contributed by atoms with Crippen molar-refractivity contribution < 1.29 is 0 Å². The van der Waals surface area contributed by atoms with Crippen LogP contribution in [-0.4, -0.2) is 29.0 Å². The summed E-state index contributed by atoms with van der Waals surface area (Å²) in [6.45, 7) is 2.04. The first-order chi connectivity index (χ1) is 10.6. The summed E-state index contributed by atoms with van der Waals surface area (Å²) in [4.78, 5) is 16.4. The number of thiazole rings is 1. The lowest BCUT2D eigenvalue weighted by atomic mass is 10.2. The van der Waals surface area contributed by atoms with E-state index >= 15 is 0 Å². The van der Waals surface area contributed by atoms with Gasteiger partial charge in [-0.25, -0.2) is 15.0 Å². The summed E-state index contributed by atoms with van der Waals surface area (Å²) in [6, 6.07) is 10.0. The van der Waals surface area contributed by atoms with Gasteiger partial charge in [0.25, 0.3) is 0 Å². The van der Waals surface area contributed by atoms with Gasteiger partial charge < -0.3 is 10.2 Å². The van der Waals surface area contributed by atoms with Crippen LogP contribution in [-0.2, 0) is 0 Å². The molecule has 0 aliphatic heterocycles. The lowest BCUT2D eigenvalue weighted by Gasteiger charge is -2.13. The third-order valence-electron chi connectivity index (χ3n) is 3.14. The smallest absolute Gasteiger partial charge is 0.227 e. The summed E-state index contributed by atoms with van der Waals surface area (Å²) < 4.78 is 0. The molecule has 0 fully saturated rings. The molecule has 0 radical (unpaired) electrons. The highest BCUT2D eigenvalue weighted by atomic mass is 32.1. The van der Waals surface area contributed by atoms with Crippen molar-refractivity contribution in [3.05, 3.63) is 47.6 Å². The maximum atomic E-state index is 4.52. The van der Waals surface area contributed by atoms with Crippen molar-refractivity contribution in [3.8, 4) is 10.7 Å². The minimum Gasteiger partial charge on any atom is -0.378 e. The average molecular weight is 311 g/mol. The Bertz CT molecular complexity index is 764. The van der Waals surface area contributed by atoms with Gasteiger partial charge in [0, 0.05) is 42.7 Å². The molecule has 0 saturated carbocycles. The molecular weight excluding hydrogens is 294 g/mol. The fraction of sp³-hybridized carbons (Fsp3) is 0.188. The lowest BCUT2D eigenvalue weighted by Crippen LogP contribution is -2.08. The van der Waals surface area contributed by atoms with Crippen LogP contribution in [0.2, 0.25) is 0 Å². The Balaban J connectivity index is 1.80. The molecule has 2 heterocycles. The molecule has 1 aromatic carbocycles. The van der Waals surface area contributed by atoms with E-state index in [1.54, 1.807) is 17.5 Å². The zero-order valence-corrected chi connectivity index (χ0v) is 13.6. The average Bonchev–Trinajstić information content (AvgIpc) is 2.95. The van der Waals surface area contributed by atoms with E-state index in [9.17, 15) is 0 Å². The van der Waals surface area contributed by atoms with Crippen LogP contribution in [0.5, 0.6) is 0 Å². The van der Waals surface area contributed by atoms with Crippen molar-refractivity contribution in [1.82, 2.24) is 15.0 Å². The first kappa shape index (κ1) is 14.5. The Morgan fingerprint density at radius 1 is 1.05 bits per heavy atom. The van der Waals surface area contributed by atoms with Gasteiger partial charge in [0.1, 0.15) is 10.7 Å². The molecule has 1 N–H and O–H groups in total. The molecule has 0 amide bonds. The number of benzene rings is 1. The number of aryl methyl sites for hydroxylation is 1. The SMILES string of the molecule is Cc1cnc(-c2ccnc(Nc3ccc(N(C)C)cc3)n2)s1. The molecule has 0 saturated heterocycles. The van der Waals surface area contributed by atoms with E-state index in [-0.39, 0.29) is 0 Å². The number of rotatable bonds is 4.